The molecule has 1 aromatic heterocycles. The topological polar surface area (TPSA) is 29.9 Å². The average Bonchev–Trinajstić information content (AvgIpc) is 3.05. The molecule has 2 unspecified atom stereocenters. The van der Waals surface area contributed by atoms with Crippen molar-refractivity contribution in [2.75, 3.05) is 6.54 Å². The van der Waals surface area contributed by atoms with Crippen LogP contribution in [0.15, 0.2) is 12.3 Å². The minimum Gasteiger partial charge on any atom is -0.314 e. The largest absolute Gasteiger partial charge is 0.314 e. The highest BCUT2D eigenvalue weighted by molar-refractivity contribution is 5.01. The van der Waals surface area contributed by atoms with Crippen LogP contribution in [-0.4, -0.2) is 22.4 Å². The minimum atomic E-state index is 0.517. The van der Waals surface area contributed by atoms with Gasteiger partial charge in [0.1, 0.15) is 0 Å². The Morgan fingerprint density at radius 2 is 2.24 bits per heavy atom. The first-order valence-electron chi connectivity index (χ1n) is 6.96. The molecule has 96 valence electrons. The van der Waals surface area contributed by atoms with Crippen LogP contribution < -0.4 is 5.32 Å². The van der Waals surface area contributed by atoms with Gasteiger partial charge in [0.25, 0.3) is 0 Å². The molecule has 1 N–H and O–H groups in total. The highest BCUT2D eigenvalue weighted by Gasteiger charge is 2.21. The molecule has 0 aromatic carbocycles. The van der Waals surface area contributed by atoms with Crippen LogP contribution in [0.4, 0.5) is 0 Å². The Hall–Kier alpha value is -0.830. The summed E-state index contributed by atoms with van der Waals surface area (Å²) in [5, 5.41) is 8.24. The van der Waals surface area contributed by atoms with E-state index in [1.54, 1.807) is 0 Å². The SMILES string of the molecule is CCC(C)n1ccc(CC(C)CNC2CC2)n1. The molecule has 1 aliphatic carbocycles. The lowest BCUT2D eigenvalue weighted by atomic mass is 10.1. The van der Waals surface area contributed by atoms with Gasteiger partial charge < -0.3 is 5.32 Å². The van der Waals surface area contributed by atoms with E-state index in [4.69, 9.17) is 0 Å². The van der Waals surface area contributed by atoms with Crippen LogP contribution >= 0.6 is 0 Å². The van der Waals surface area contributed by atoms with Gasteiger partial charge in [-0.25, -0.2) is 0 Å². The maximum atomic E-state index is 4.65. The molecule has 0 saturated heterocycles. The summed E-state index contributed by atoms with van der Waals surface area (Å²) < 4.78 is 2.09. The molecule has 1 heterocycles. The maximum absolute atomic E-state index is 4.65. The van der Waals surface area contributed by atoms with Crippen molar-refractivity contribution in [3.05, 3.63) is 18.0 Å². The second-order valence-electron chi connectivity index (χ2n) is 5.54. The maximum Gasteiger partial charge on any atom is 0.0627 e. The average molecular weight is 235 g/mol. The van der Waals surface area contributed by atoms with E-state index < -0.39 is 0 Å². The molecule has 0 amide bonds. The van der Waals surface area contributed by atoms with E-state index >= 15 is 0 Å². The molecule has 0 aliphatic heterocycles. The summed E-state index contributed by atoms with van der Waals surface area (Å²) in [5.74, 6) is 0.677. The molecule has 3 heteroatoms. The second kappa shape index (κ2) is 5.67. The van der Waals surface area contributed by atoms with E-state index in [0.717, 1.165) is 25.4 Å². The molecular formula is C14H25N3. The van der Waals surface area contributed by atoms with Crippen LogP contribution in [-0.2, 0) is 6.42 Å². The molecule has 17 heavy (non-hydrogen) atoms. The van der Waals surface area contributed by atoms with Gasteiger partial charge in [0, 0.05) is 18.3 Å². The van der Waals surface area contributed by atoms with Crippen LogP contribution in [0.2, 0.25) is 0 Å². The Morgan fingerprint density at radius 3 is 2.88 bits per heavy atom. The lowest BCUT2D eigenvalue weighted by Crippen LogP contribution is -2.24. The normalized spacial score (nSPS) is 19.2. The van der Waals surface area contributed by atoms with Gasteiger partial charge in [0.2, 0.25) is 0 Å². The number of nitrogens with zero attached hydrogens (tertiary/aromatic N) is 2. The summed E-state index contributed by atoms with van der Waals surface area (Å²) in [6, 6.07) is 3.50. The van der Waals surface area contributed by atoms with Gasteiger partial charge in [-0.1, -0.05) is 13.8 Å². The van der Waals surface area contributed by atoms with Crippen LogP contribution in [0, 0.1) is 5.92 Å². The van der Waals surface area contributed by atoms with Crippen molar-refractivity contribution < 1.29 is 0 Å². The third-order valence-electron chi connectivity index (χ3n) is 3.60. The zero-order valence-corrected chi connectivity index (χ0v) is 11.3. The molecule has 0 bridgehead atoms. The first-order chi connectivity index (χ1) is 8.19. The number of aromatic nitrogens is 2. The van der Waals surface area contributed by atoms with Gasteiger partial charge in [-0.3, -0.25) is 4.68 Å². The second-order valence-corrected chi connectivity index (χ2v) is 5.54. The third kappa shape index (κ3) is 3.84. The Kier molecular flexibility index (Phi) is 4.21. The van der Waals surface area contributed by atoms with Crippen LogP contribution in [0.3, 0.4) is 0 Å². The predicted molar refractivity (Wildman–Crippen MR) is 71.1 cm³/mol. The van der Waals surface area contributed by atoms with Crippen molar-refractivity contribution in [3.63, 3.8) is 0 Å². The van der Waals surface area contributed by atoms with E-state index in [1.165, 1.54) is 18.5 Å². The first kappa shape index (κ1) is 12.6. The fourth-order valence-corrected chi connectivity index (χ4v) is 2.00. The van der Waals surface area contributed by atoms with E-state index in [0.29, 0.717) is 12.0 Å². The Labute approximate surface area is 105 Å². The van der Waals surface area contributed by atoms with E-state index in [2.05, 4.69) is 48.1 Å². The monoisotopic (exact) mass is 235 g/mol. The van der Waals surface area contributed by atoms with Gasteiger partial charge in [-0.2, -0.15) is 5.10 Å². The van der Waals surface area contributed by atoms with Gasteiger partial charge in [0.05, 0.1) is 5.69 Å². The standard InChI is InChI=1S/C14H25N3/c1-4-12(3)17-8-7-14(16-17)9-11(2)10-15-13-5-6-13/h7-8,11-13,15H,4-6,9-10H2,1-3H3. The van der Waals surface area contributed by atoms with Gasteiger partial charge in [-0.15, -0.1) is 0 Å². The van der Waals surface area contributed by atoms with E-state index in [9.17, 15) is 0 Å². The van der Waals surface area contributed by atoms with Crippen molar-refractivity contribution in [2.45, 2.75) is 58.5 Å². The minimum absolute atomic E-state index is 0.517. The molecular weight excluding hydrogens is 210 g/mol. The lowest BCUT2D eigenvalue weighted by molar-refractivity contribution is 0.461. The summed E-state index contributed by atoms with van der Waals surface area (Å²) in [5.41, 5.74) is 1.23. The van der Waals surface area contributed by atoms with Gasteiger partial charge in [-0.05, 0) is 51.1 Å². The van der Waals surface area contributed by atoms with Crippen LogP contribution in [0.1, 0.15) is 51.8 Å². The van der Waals surface area contributed by atoms with Crippen molar-refractivity contribution in [3.8, 4) is 0 Å². The number of nitrogens with one attached hydrogen (secondary N) is 1. The molecule has 3 nitrogen and oxygen atoms in total. The fraction of sp³-hybridized carbons (Fsp3) is 0.786. The summed E-state index contributed by atoms with van der Waals surface area (Å²) in [6.07, 6.45) is 7.08. The summed E-state index contributed by atoms with van der Waals surface area (Å²) in [6.45, 7) is 7.85. The van der Waals surface area contributed by atoms with E-state index in [-0.39, 0.29) is 0 Å². The zero-order chi connectivity index (χ0) is 12.3. The van der Waals surface area contributed by atoms with Crippen molar-refractivity contribution in [1.82, 2.24) is 15.1 Å². The molecule has 2 rings (SSSR count). The third-order valence-corrected chi connectivity index (χ3v) is 3.60. The van der Waals surface area contributed by atoms with E-state index in [1.807, 2.05) is 0 Å². The molecule has 1 saturated carbocycles. The molecule has 0 radical (unpaired) electrons. The Morgan fingerprint density at radius 1 is 1.47 bits per heavy atom. The number of hydrogen-bond donors (Lipinski definition) is 1. The molecule has 2 atom stereocenters. The quantitative estimate of drug-likeness (QED) is 0.787. The van der Waals surface area contributed by atoms with Gasteiger partial charge >= 0.3 is 0 Å². The highest BCUT2D eigenvalue weighted by Crippen LogP contribution is 2.19. The highest BCUT2D eigenvalue weighted by atomic mass is 15.3. The number of rotatable bonds is 7. The van der Waals surface area contributed by atoms with Crippen LogP contribution in [0.5, 0.6) is 0 Å². The molecule has 1 aromatic rings. The Bertz CT molecular complexity index is 341. The van der Waals surface area contributed by atoms with Crippen molar-refractivity contribution in [1.29, 1.82) is 0 Å². The zero-order valence-electron chi connectivity index (χ0n) is 11.3. The summed E-state index contributed by atoms with van der Waals surface area (Å²) >= 11 is 0. The van der Waals surface area contributed by atoms with Crippen molar-refractivity contribution in [2.24, 2.45) is 5.92 Å². The first-order valence-corrected chi connectivity index (χ1v) is 6.96. The fourth-order valence-electron chi connectivity index (χ4n) is 2.00. The Balaban J connectivity index is 1.78. The molecule has 1 fully saturated rings. The van der Waals surface area contributed by atoms with Gasteiger partial charge in [0.15, 0.2) is 0 Å². The number of hydrogen-bond acceptors (Lipinski definition) is 2. The predicted octanol–water partition coefficient (Wildman–Crippen LogP) is 2.78. The van der Waals surface area contributed by atoms with Crippen molar-refractivity contribution >= 4 is 0 Å². The summed E-state index contributed by atoms with van der Waals surface area (Å²) in [4.78, 5) is 0. The van der Waals surface area contributed by atoms with Crippen LogP contribution in [0.25, 0.3) is 0 Å². The molecule has 1 aliphatic rings. The lowest BCUT2D eigenvalue weighted by Gasteiger charge is -2.11. The summed E-state index contributed by atoms with van der Waals surface area (Å²) in [7, 11) is 0. The smallest absolute Gasteiger partial charge is 0.0627 e. The molecule has 0 spiro atoms.